The van der Waals surface area contributed by atoms with E-state index in [0.29, 0.717) is 24.1 Å². The lowest BCUT2D eigenvalue weighted by Gasteiger charge is -2.39. The van der Waals surface area contributed by atoms with Gasteiger partial charge in [-0.3, -0.25) is 14.4 Å². The molecule has 1 heterocycles. The molecule has 29 heavy (non-hydrogen) atoms. The number of carbonyl (C=O) groups excluding carboxylic acids is 3. The Labute approximate surface area is 176 Å². The van der Waals surface area contributed by atoms with E-state index < -0.39 is 11.9 Å². The fourth-order valence-corrected chi connectivity index (χ4v) is 4.95. The molecule has 1 aromatic rings. The van der Waals surface area contributed by atoms with Crippen molar-refractivity contribution in [2.24, 2.45) is 17.8 Å². The first-order chi connectivity index (χ1) is 13.9. The Bertz CT molecular complexity index is 769. The Morgan fingerprint density at radius 2 is 2.00 bits per heavy atom. The van der Waals surface area contributed by atoms with Gasteiger partial charge in [-0.05, 0) is 36.6 Å². The Kier molecular flexibility index (Phi) is 7.22. The molecule has 7 heteroatoms. The molecule has 0 radical (unpaired) electrons. The average molecular weight is 419 g/mol. The summed E-state index contributed by atoms with van der Waals surface area (Å²) in [5.41, 5.74) is 0.698. The fraction of sp³-hybridized carbons (Fsp3) is 0.591. The number of hydrogen-bond donors (Lipinski definition) is 1. The molecule has 1 aromatic carbocycles. The van der Waals surface area contributed by atoms with Crippen LogP contribution in [-0.2, 0) is 19.1 Å². The van der Waals surface area contributed by atoms with Crippen molar-refractivity contribution in [2.75, 3.05) is 24.7 Å². The van der Waals surface area contributed by atoms with Gasteiger partial charge in [0.1, 0.15) is 0 Å². The molecule has 4 atom stereocenters. The van der Waals surface area contributed by atoms with Gasteiger partial charge in [-0.25, -0.2) is 0 Å². The molecule has 3 rings (SSSR count). The number of benzene rings is 1. The van der Waals surface area contributed by atoms with Crippen LogP contribution in [0.2, 0.25) is 0 Å². The van der Waals surface area contributed by atoms with Gasteiger partial charge < -0.3 is 15.0 Å². The second-order valence-electron chi connectivity index (χ2n) is 8.14. The van der Waals surface area contributed by atoms with Gasteiger partial charge in [-0.15, -0.1) is 11.8 Å². The van der Waals surface area contributed by atoms with Gasteiger partial charge in [0, 0.05) is 23.9 Å². The quantitative estimate of drug-likeness (QED) is 0.565. The topological polar surface area (TPSA) is 75.7 Å². The Hall–Kier alpha value is -2.02. The van der Waals surface area contributed by atoms with Crippen molar-refractivity contribution in [3.63, 3.8) is 0 Å². The molecular weight excluding hydrogens is 388 g/mol. The van der Waals surface area contributed by atoms with Crippen LogP contribution in [0.3, 0.4) is 0 Å². The van der Waals surface area contributed by atoms with Gasteiger partial charge in [0.05, 0.1) is 11.6 Å². The predicted octanol–water partition coefficient (Wildman–Crippen LogP) is 3.56. The summed E-state index contributed by atoms with van der Waals surface area (Å²) >= 11 is 1.53. The predicted molar refractivity (Wildman–Crippen MR) is 114 cm³/mol. The standard InChI is InChI=1S/C22H30N2O4S/c1-14-7-6-9-18(15(14)2)24-12-16(11-21(24)26)22(27)28-13-20(25)23-17-8-4-5-10-19(17)29-3/h4-5,8,10,14-16,18H,6-7,9,11-13H2,1-3H3,(H,23,25)/t14-,15+,16+,18-/m0/s1. The highest BCUT2D eigenvalue weighted by Crippen LogP contribution is 2.36. The van der Waals surface area contributed by atoms with Crippen LogP contribution in [0.15, 0.2) is 29.2 Å². The van der Waals surface area contributed by atoms with Gasteiger partial charge in [0.2, 0.25) is 5.91 Å². The molecule has 2 fully saturated rings. The number of thioether (sulfide) groups is 1. The Morgan fingerprint density at radius 3 is 2.76 bits per heavy atom. The van der Waals surface area contributed by atoms with Crippen LogP contribution < -0.4 is 5.32 Å². The molecule has 1 saturated carbocycles. The lowest BCUT2D eigenvalue weighted by molar-refractivity contribution is -0.151. The van der Waals surface area contributed by atoms with Gasteiger partial charge in [-0.2, -0.15) is 0 Å². The average Bonchev–Trinajstić information content (AvgIpc) is 3.10. The molecule has 0 aromatic heterocycles. The number of ether oxygens (including phenoxy) is 1. The number of nitrogens with one attached hydrogen (secondary N) is 1. The van der Waals surface area contributed by atoms with E-state index in [0.717, 1.165) is 17.7 Å². The number of hydrogen-bond acceptors (Lipinski definition) is 5. The summed E-state index contributed by atoms with van der Waals surface area (Å²) in [4.78, 5) is 40.0. The molecule has 0 bridgehead atoms. The van der Waals surface area contributed by atoms with E-state index in [2.05, 4.69) is 19.2 Å². The smallest absolute Gasteiger partial charge is 0.311 e. The molecule has 1 N–H and O–H groups in total. The first-order valence-corrected chi connectivity index (χ1v) is 11.5. The highest BCUT2D eigenvalue weighted by Gasteiger charge is 2.42. The van der Waals surface area contributed by atoms with Crippen LogP contribution in [0.4, 0.5) is 5.69 Å². The molecule has 1 aliphatic carbocycles. The van der Waals surface area contributed by atoms with Crippen molar-refractivity contribution in [2.45, 2.75) is 50.5 Å². The molecule has 158 valence electrons. The first kappa shape index (κ1) is 21.7. The lowest BCUT2D eigenvalue weighted by atomic mass is 9.77. The van der Waals surface area contributed by atoms with E-state index in [1.807, 2.05) is 35.4 Å². The summed E-state index contributed by atoms with van der Waals surface area (Å²) < 4.78 is 5.23. The summed E-state index contributed by atoms with van der Waals surface area (Å²) in [5, 5.41) is 2.77. The van der Waals surface area contributed by atoms with E-state index in [1.165, 1.54) is 18.2 Å². The van der Waals surface area contributed by atoms with Gasteiger partial charge in [-0.1, -0.05) is 38.8 Å². The molecule has 2 amide bonds. The van der Waals surface area contributed by atoms with Crippen LogP contribution in [0.5, 0.6) is 0 Å². The van der Waals surface area contributed by atoms with Crippen molar-refractivity contribution >= 4 is 35.2 Å². The zero-order valence-corrected chi connectivity index (χ0v) is 18.2. The third kappa shape index (κ3) is 5.13. The number of rotatable bonds is 6. The molecule has 2 aliphatic rings. The number of esters is 1. The van der Waals surface area contributed by atoms with Crippen LogP contribution in [0.25, 0.3) is 0 Å². The zero-order valence-electron chi connectivity index (χ0n) is 17.3. The number of amides is 2. The number of anilines is 1. The normalized spacial score (nSPS) is 27.0. The van der Waals surface area contributed by atoms with Crippen molar-refractivity contribution in [1.29, 1.82) is 0 Å². The molecule has 0 spiro atoms. The second-order valence-corrected chi connectivity index (χ2v) is 8.99. The van der Waals surface area contributed by atoms with Crippen molar-refractivity contribution in [3.05, 3.63) is 24.3 Å². The van der Waals surface area contributed by atoms with Crippen LogP contribution >= 0.6 is 11.8 Å². The largest absolute Gasteiger partial charge is 0.455 e. The molecule has 0 unspecified atom stereocenters. The maximum atomic E-state index is 12.5. The Morgan fingerprint density at radius 1 is 1.24 bits per heavy atom. The summed E-state index contributed by atoms with van der Waals surface area (Å²) in [5.74, 6) is -0.291. The monoisotopic (exact) mass is 418 g/mol. The summed E-state index contributed by atoms with van der Waals surface area (Å²) in [6.07, 6.45) is 5.41. The lowest BCUT2D eigenvalue weighted by Crippen LogP contribution is -2.45. The number of carbonyl (C=O) groups is 3. The van der Waals surface area contributed by atoms with E-state index in [4.69, 9.17) is 4.74 Å². The minimum Gasteiger partial charge on any atom is -0.455 e. The van der Waals surface area contributed by atoms with E-state index in [1.54, 1.807) is 0 Å². The minimum atomic E-state index is -0.488. The van der Waals surface area contributed by atoms with Crippen LogP contribution in [0.1, 0.15) is 39.5 Å². The number of para-hydroxylation sites is 1. The van der Waals surface area contributed by atoms with E-state index in [9.17, 15) is 14.4 Å². The van der Waals surface area contributed by atoms with Crippen molar-refractivity contribution in [1.82, 2.24) is 4.90 Å². The molecular formula is C22H30N2O4S. The van der Waals surface area contributed by atoms with Crippen molar-refractivity contribution < 1.29 is 19.1 Å². The fourth-order valence-electron chi connectivity index (χ4n) is 4.39. The molecule has 6 nitrogen and oxygen atoms in total. The second kappa shape index (κ2) is 9.65. The molecule has 1 aliphatic heterocycles. The third-order valence-electron chi connectivity index (χ3n) is 6.28. The SMILES string of the molecule is CSc1ccccc1NC(=O)COC(=O)[C@@H]1CC(=O)N([C@H]2CCC[C@H](C)[C@H]2C)C1. The van der Waals surface area contributed by atoms with Gasteiger partial charge >= 0.3 is 5.97 Å². The maximum Gasteiger partial charge on any atom is 0.311 e. The zero-order chi connectivity index (χ0) is 21.0. The van der Waals surface area contributed by atoms with E-state index >= 15 is 0 Å². The van der Waals surface area contributed by atoms with E-state index in [-0.39, 0.29) is 30.9 Å². The summed E-state index contributed by atoms with van der Waals surface area (Å²) in [6.45, 7) is 4.49. The Balaban J connectivity index is 1.51. The number of nitrogens with zero attached hydrogens (tertiary/aromatic N) is 1. The minimum absolute atomic E-state index is 0.0243. The van der Waals surface area contributed by atoms with Crippen LogP contribution in [-0.4, -0.2) is 48.1 Å². The summed E-state index contributed by atoms with van der Waals surface area (Å²) in [7, 11) is 0. The maximum absolute atomic E-state index is 12.5. The highest BCUT2D eigenvalue weighted by molar-refractivity contribution is 7.98. The van der Waals surface area contributed by atoms with Crippen LogP contribution in [0, 0.1) is 17.8 Å². The first-order valence-electron chi connectivity index (χ1n) is 10.3. The third-order valence-corrected chi connectivity index (χ3v) is 7.08. The highest BCUT2D eigenvalue weighted by atomic mass is 32.2. The molecule has 1 saturated heterocycles. The summed E-state index contributed by atoms with van der Waals surface area (Å²) in [6, 6.07) is 7.67. The van der Waals surface area contributed by atoms with Gasteiger partial charge in [0.25, 0.3) is 5.91 Å². The number of likely N-dealkylation sites (tertiary alicyclic amines) is 1. The van der Waals surface area contributed by atoms with Gasteiger partial charge in [0.15, 0.2) is 6.61 Å². The van der Waals surface area contributed by atoms with Crippen molar-refractivity contribution in [3.8, 4) is 0 Å².